The van der Waals surface area contributed by atoms with Gasteiger partial charge in [0.05, 0.1) is 23.3 Å². The first kappa shape index (κ1) is 12.4. The van der Waals surface area contributed by atoms with Crippen molar-refractivity contribution < 1.29 is 0 Å². The number of nitrogens with one attached hydrogen (secondary N) is 2. The van der Waals surface area contributed by atoms with Crippen LogP contribution in [0, 0.1) is 15.7 Å². The molecular formula is C11H11N5O. The van der Waals surface area contributed by atoms with Gasteiger partial charge in [-0.05, 0) is 23.4 Å². The largest absolute Gasteiger partial charge is 0.396 e. The van der Waals surface area contributed by atoms with E-state index < -0.39 is 0 Å². The molecule has 0 unspecified atom stereocenters. The molecule has 0 spiro atoms. The van der Waals surface area contributed by atoms with Gasteiger partial charge in [-0.2, -0.15) is 0 Å². The van der Waals surface area contributed by atoms with E-state index >= 15 is 0 Å². The van der Waals surface area contributed by atoms with Crippen molar-refractivity contribution in [2.45, 2.75) is 0 Å². The second kappa shape index (κ2) is 6.06. The van der Waals surface area contributed by atoms with E-state index in [0.29, 0.717) is 5.69 Å². The van der Waals surface area contributed by atoms with Crippen molar-refractivity contribution in [3.63, 3.8) is 0 Å². The first-order valence-electron chi connectivity index (χ1n) is 4.70. The minimum absolute atomic E-state index is 0.241. The number of hydrogen-bond acceptors (Lipinski definition) is 6. The normalized spacial score (nSPS) is 12.9. The summed E-state index contributed by atoms with van der Waals surface area (Å²) in [5.41, 5.74) is 6.40. The summed E-state index contributed by atoms with van der Waals surface area (Å²) in [6, 6.07) is 1.46. The fourth-order valence-electron chi connectivity index (χ4n) is 0.966. The van der Waals surface area contributed by atoms with Crippen LogP contribution in [-0.4, -0.2) is 16.4 Å². The number of nitroso groups, excluding NO2 is 1. The van der Waals surface area contributed by atoms with Crippen LogP contribution in [0.4, 0.5) is 11.4 Å². The van der Waals surface area contributed by atoms with Crippen molar-refractivity contribution in [3.05, 3.63) is 47.7 Å². The molecule has 2 rings (SSSR count). The molecule has 0 radical (unpaired) electrons. The minimum atomic E-state index is 0.241. The number of pyridine rings is 1. The van der Waals surface area contributed by atoms with Gasteiger partial charge in [-0.25, -0.2) is 0 Å². The lowest BCUT2D eigenvalue weighted by molar-refractivity contribution is 1.31. The zero-order valence-corrected chi connectivity index (χ0v) is 8.92. The fraction of sp³-hybridized carbons (Fsp3) is 0. The summed E-state index contributed by atoms with van der Waals surface area (Å²) >= 11 is 0. The number of nitrogens with two attached hydrogens (primary N) is 1. The van der Waals surface area contributed by atoms with Crippen LogP contribution in [0.1, 0.15) is 0 Å². The molecule has 1 aliphatic carbocycles. The molecule has 86 valence electrons. The standard InChI is InChI=1S/C6H6N2.C5H5N3O/c7-5-3-1-2-4-6(5)8;6-4-3-7-2-1-5(4)8-9/h1-4,7-8H;1-3H,6H2. The Labute approximate surface area is 97.9 Å². The van der Waals surface area contributed by atoms with Crippen molar-refractivity contribution in [1.82, 2.24) is 4.98 Å². The summed E-state index contributed by atoms with van der Waals surface area (Å²) < 4.78 is 0. The number of allylic oxidation sites excluding steroid dienone is 4. The van der Waals surface area contributed by atoms with Gasteiger partial charge in [0.2, 0.25) is 0 Å². The Bertz CT molecular complexity index is 482. The molecule has 0 bridgehead atoms. The molecular weight excluding hydrogens is 218 g/mol. The number of anilines is 1. The van der Waals surface area contributed by atoms with Gasteiger partial charge in [0.15, 0.2) is 0 Å². The maximum atomic E-state index is 9.87. The highest BCUT2D eigenvalue weighted by atomic mass is 16.3. The van der Waals surface area contributed by atoms with Crippen LogP contribution in [0.15, 0.2) is 47.9 Å². The predicted octanol–water partition coefficient (Wildman–Crippen LogP) is 2.21. The molecule has 17 heavy (non-hydrogen) atoms. The van der Waals surface area contributed by atoms with Crippen LogP contribution in [0.25, 0.3) is 0 Å². The van der Waals surface area contributed by atoms with Crippen molar-refractivity contribution in [2.24, 2.45) is 5.18 Å². The third kappa shape index (κ3) is 3.78. The molecule has 4 N–H and O–H groups in total. The Morgan fingerprint density at radius 2 is 1.76 bits per heavy atom. The second-order valence-corrected chi connectivity index (χ2v) is 3.07. The molecule has 0 aromatic carbocycles. The van der Waals surface area contributed by atoms with Gasteiger partial charge in [0.25, 0.3) is 0 Å². The number of nitrogens with zero attached hydrogens (tertiary/aromatic N) is 2. The van der Waals surface area contributed by atoms with Crippen LogP contribution in [0.3, 0.4) is 0 Å². The third-order valence-electron chi connectivity index (χ3n) is 1.85. The lowest BCUT2D eigenvalue weighted by atomic mass is 10.1. The van der Waals surface area contributed by atoms with Crippen molar-refractivity contribution in [3.8, 4) is 0 Å². The van der Waals surface area contributed by atoms with Crippen molar-refractivity contribution in [1.29, 1.82) is 10.8 Å². The Balaban J connectivity index is 0.000000171. The lowest BCUT2D eigenvalue weighted by Crippen LogP contribution is -2.06. The van der Waals surface area contributed by atoms with Gasteiger partial charge in [-0.1, -0.05) is 12.2 Å². The van der Waals surface area contributed by atoms with Crippen LogP contribution in [0.2, 0.25) is 0 Å². The topological polar surface area (TPSA) is 116 Å². The summed E-state index contributed by atoms with van der Waals surface area (Å²) in [7, 11) is 0. The van der Waals surface area contributed by atoms with E-state index in [4.69, 9.17) is 16.6 Å². The zero-order valence-electron chi connectivity index (χ0n) is 8.92. The van der Waals surface area contributed by atoms with Gasteiger partial charge >= 0.3 is 0 Å². The maximum Gasteiger partial charge on any atom is 0.133 e. The molecule has 1 aromatic heterocycles. The SMILES string of the molecule is N=C1C=CC=CC1=N.Nc1cnccc1N=O. The first-order valence-corrected chi connectivity index (χ1v) is 4.70. The van der Waals surface area contributed by atoms with E-state index in [1.165, 1.54) is 18.5 Å². The van der Waals surface area contributed by atoms with Gasteiger partial charge in [0.1, 0.15) is 5.69 Å². The Morgan fingerprint density at radius 1 is 1.18 bits per heavy atom. The van der Waals surface area contributed by atoms with Gasteiger partial charge in [-0.3, -0.25) is 15.8 Å². The molecule has 0 fully saturated rings. The number of aromatic nitrogens is 1. The molecule has 0 saturated heterocycles. The van der Waals surface area contributed by atoms with Crippen LogP contribution < -0.4 is 5.73 Å². The van der Waals surface area contributed by atoms with E-state index in [-0.39, 0.29) is 17.1 Å². The molecule has 0 aliphatic heterocycles. The highest BCUT2D eigenvalue weighted by Gasteiger charge is 1.97. The summed E-state index contributed by atoms with van der Waals surface area (Å²) in [6.07, 6.45) is 9.55. The van der Waals surface area contributed by atoms with Gasteiger partial charge < -0.3 is 5.73 Å². The smallest absolute Gasteiger partial charge is 0.133 e. The van der Waals surface area contributed by atoms with E-state index in [1.807, 2.05) is 0 Å². The Hall–Kier alpha value is -2.63. The maximum absolute atomic E-state index is 9.87. The lowest BCUT2D eigenvalue weighted by Gasteiger charge is -1.96. The summed E-state index contributed by atoms with van der Waals surface area (Å²) in [5, 5.41) is 16.7. The quantitative estimate of drug-likeness (QED) is 0.506. The third-order valence-corrected chi connectivity index (χ3v) is 1.85. The van der Waals surface area contributed by atoms with Crippen molar-refractivity contribution in [2.75, 3.05) is 5.73 Å². The Kier molecular flexibility index (Phi) is 4.44. The van der Waals surface area contributed by atoms with Gasteiger partial charge in [-0.15, -0.1) is 4.91 Å². The molecule has 1 aromatic rings. The molecule has 1 heterocycles. The average molecular weight is 229 g/mol. The molecule has 0 saturated carbocycles. The van der Waals surface area contributed by atoms with E-state index in [1.54, 1.807) is 24.3 Å². The minimum Gasteiger partial charge on any atom is -0.396 e. The molecule has 0 atom stereocenters. The van der Waals surface area contributed by atoms with E-state index in [2.05, 4.69) is 10.2 Å². The second-order valence-electron chi connectivity index (χ2n) is 3.07. The monoisotopic (exact) mass is 229 g/mol. The number of hydrogen-bond donors (Lipinski definition) is 3. The zero-order chi connectivity index (χ0) is 12.7. The Morgan fingerprint density at radius 3 is 2.12 bits per heavy atom. The van der Waals surface area contributed by atoms with Gasteiger partial charge in [0, 0.05) is 6.20 Å². The average Bonchev–Trinajstić information content (AvgIpc) is 2.34. The highest BCUT2D eigenvalue weighted by molar-refractivity contribution is 6.48. The fourth-order valence-corrected chi connectivity index (χ4v) is 0.966. The molecule has 0 amide bonds. The summed E-state index contributed by atoms with van der Waals surface area (Å²) in [4.78, 5) is 13.5. The summed E-state index contributed by atoms with van der Waals surface area (Å²) in [5.74, 6) is 0. The van der Waals surface area contributed by atoms with Crippen LogP contribution >= 0.6 is 0 Å². The summed E-state index contributed by atoms with van der Waals surface area (Å²) in [6.45, 7) is 0. The molecule has 6 heteroatoms. The van der Waals surface area contributed by atoms with E-state index in [9.17, 15) is 4.91 Å². The number of rotatable bonds is 1. The molecule has 6 nitrogen and oxygen atoms in total. The predicted molar refractivity (Wildman–Crippen MR) is 67.8 cm³/mol. The van der Waals surface area contributed by atoms with Crippen LogP contribution in [-0.2, 0) is 0 Å². The van der Waals surface area contributed by atoms with Crippen LogP contribution in [0.5, 0.6) is 0 Å². The van der Waals surface area contributed by atoms with E-state index in [0.717, 1.165) is 0 Å². The number of nitrogen functional groups attached to an aromatic ring is 1. The molecule has 1 aliphatic rings. The highest BCUT2D eigenvalue weighted by Crippen LogP contribution is 2.17. The van der Waals surface area contributed by atoms with Crippen molar-refractivity contribution >= 4 is 22.8 Å². The first-order chi connectivity index (χ1) is 8.15.